The van der Waals surface area contributed by atoms with Gasteiger partial charge in [-0.1, -0.05) is 71.1 Å². The predicted octanol–water partition coefficient (Wildman–Crippen LogP) is 2.89. The van der Waals surface area contributed by atoms with Crippen molar-refractivity contribution in [1.29, 1.82) is 0 Å². The van der Waals surface area contributed by atoms with Gasteiger partial charge in [-0.15, -0.1) is 0 Å². The highest BCUT2D eigenvalue weighted by Gasteiger charge is 2.50. The summed E-state index contributed by atoms with van der Waals surface area (Å²) in [6.07, 6.45) is 12.2. The summed E-state index contributed by atoms with van der Waals surface area (Å²) >= 11 is 0. The highest BCUT2D eigenvalue weighted by atomic mass is 16.4. The Hall–Kier alpha value is -0.710. The van der Waals surface area contributed by atoms with Crippen LogP contribution in [0.25, 0.3) is 0 Å². The third-order valence-electron chi connectivity index (χ3n) is 4.61. The van der Waals surface area contributed by atoms with E-state index in [1.54, 1.807) is 0 Å². The van der Waals surface area contributed by atoms with Gasteiger partial charge in [0.15, 0.2) is 11.4 Å². The third-order valence-corrected chi connectivity index (χ3v) is 4.61. The number of carbonyl (C=O) groups excluding carboxylic acids is 1. The van der Waals surface area contributed by atoms with Crippen LogP contribution in [0.1, 0.15) is 77.6 Å². The van der Waals surface area contributed by atoms with Crippen molar-refractivity contribution in [3.63, 3.8) is 0 Å². The molecule has 0 aliphatic heterocycles. The van der Waals surface area contributed by atoms with Gasteiger partial charge < -0.3 is 15.3 Å². The lowest BCUT2D eigenvalue weighted by Crippen LogP contribution is -2.54. The van der Waals surface area contributed by atoms with Crippen molar-refractivity contribution >= 4 is 5.78 Å². The monoisotopic (exact) mass is 312 g/mol. The SMILES string of the molecule is CCCCCCCCCCCC[C@H](O)[C@@]1(O)C(=O)C=C[C@H]1O. The molecule has 4 nitrogen and oxygen atoms in total. The normalized spacial score (nSPS) is 25.8. The molecule has 128 valence electrons. The van der Waals surface area contributed by atoms with E-state index in [2.05, 4.69) is 6.92 Å². The molecule has 0 fully saturated rings. The summed E-state index contributed by atoms with van der Waals surface area (Å²) < 4.78 is 0. The summed E-state index contributed by atoms with van der Waals surface area (Å²) in [5.41, 5.74) is -2.03. The highest BCUT2D eigenvalue weighted by Crippen LogP contribution is 2.27. The van der Waals surface area contributed by atoms with Crippen LogP contribution in [0.15, 0.2) is 12.2 Å². The number of hydrogen-bond donors (Lipinski definition) is 3. The molecule has 1 aliphatic carbocycles. The van der Waals surface area contributed by atoms with E-state index in [0.717, 1.165) is 25.3 Å². The van der Waals surface area contributed by atoms with Crippen molar-refractivity contribution in [2.24, 2.45) is 0 Å². The zero-order valence-corrected chi connectivity index (χ0v) is 13.8. The summed E-state index contributed by atoms with van der Waals surface area (Å²) in [6.45, 7) is 2.22. The van der Waals surface area contributed by atoms with Crippen LogP contribution >= 0.6 is 0 Å². The summed E-state index contributed by atoms with van der Waals surface area (Å²) in [7, 11) is 0. The summed E-state index contributed by atoms with van der Waals surface area (Å²) in [5.74, 6) is -0.598. The average molecular weight is 312 g/mol. The van der Waals surface area contributed by atoms with Crippen molar-refractivity contribution in [2.45, 2.75) is 95.4 Å². The lowest BCUT2D eigenvalue weighted by Gasteiger charge is -2.30. The quantitative estimate of drug-likeness (QED) is 0.484. The van der Waals surface area contributed by atoms with Crippen LogP contribution in [0.3, 0.4) is 0 Å². The number of aliphatic hydroxyl groups excluding tert-OH is 2. The molecule has 0 spiro atoms. The van der Waals surface area contributed by atoms with Gasteiger partial charge in [-0.2, -0.15) is 0 Å². The first-order valence-electron chi connectivity index (χ1n) is 8.84. The van der Waals surface area contributed by atoms with Gasteiger partial charge in [-0.3, -0.25) is 4.79 Å². The van der Waals surface area contributed by atoms with Gasteiger partial charge in [-0.05, 0) is 18.6 Å². The van der Waals surface area contributed by atoms with Crippen LogP contribution in [0.2, 0.25) is 0 Å². The van der Waals surface area contributed by atoms with Gasteiger partial charge in [0.2, 0.25) is 0 Å². The largest absolute Gasteiger partial charge is 0.390 e. The Balaban J connectivity index is 2.04. The van der Waals surface area contributed by atoms with Crippen LogP contribution in [-0.2, 0) is 4.79 Å². The van der Waals surface area contributed by atoms with Crippen molar-refractivity contribution < 1.29 is 20.1 Å². The second kappa shape index (κ2) is 10.1. The van der Waals surface area contributed by atoms with E-state index in [0.29, 0.717) is 6.42 Å². The molecule has 0 heterocycles. The molecule has 0 bridgehead atoms. The Morgan fingerprint density at radius 1 is 1.05 bits per heavy atom. The van der Waals surface area contributed by atoms with E-state index in [4.69, 9.17) is 0 Å². The molecule has 1 rings (SSSR count). The van der Waals surface area contributed by atoms with E-state index in [9.17, 15) is 20.1 Å². The molecular weight excluding hydrogens is 280 g/mol. The van der Waals surface area contributed by atoms with Gasteiger partial charge >= 0.3 is 0 Å². The van der Waals surface area contributed by atoms with Crippen molar-refractivity contribution in [3.8, 4) is 0 Å². The zero-order valence-electron chi connectivity index (χ0n) is 13.8. The van der Waals surface area contributed by atoms with E-state index in [1.807, 2.05) is 0 Å². The van der Waals surface area contributed by atoms with Crippen LogP contribution in [0, 0.1) is 0 Å². The van der Waals surface area contributed by atoms with Crippen LogP contribution in [0.4, 0.5) is 0 Å². The first-order chi connectivity index (χ1) is 10.5. The van der Waals surface area contributed by atoms with Crippen LogP contribution in [0.5, 0.6) is 0 Å². The van der Waals surface area contributed by atoms with Gasteiger partial charge in [0.1, 0.15) is 6.10 Å². The first kappa shape index (κ1) is 19.3. The molecule has 3 N–H and O–H groups in total. The smallest absolute Gasteiger partial charge is 0.192 e. The van der Waals surface area contributed by atoms with Crippen molar-refractivity contribution in [3.05, 3.63) is 12.2 Å². The molecule has 1 aliphatic rings. The van der Waals surface area contributed by atoms with Crippen molar-refractivity contribution in [2.75, 3.05) is 0 Å². The molecule has 0 aromatic carbocycles. The Labute approximate surface area is 134 Å². The number of carbonyl (C=O) groups is 1. The molecular formula is C18H32O4. The lowest BCUT2D eigenvalue weighted by molar-refractivity contribution is -0.158. The fourth-order valence-corrected chi connectivity index (χ4v) is 3.01. The predicted molar refractivity (Wildman–Crippen MR) is 87.6 cm³/mol. The number of hydrogen-bond acceptors (Lipinski definition) is 4. The molecule has 4 heteroatoms. The third kappa shape index (κ3) is 5.49. The Morgan fingerprint density at radius 3 is 2.00 bits per heavy atom. The maximum absolute atomic E-state index is 11.6. The topological polar surface area (TPSA) is 77.8 Å². The molecule has 0 radical (unpaired) electrons. The standard InChI is InChI=1S/C18H32O4/c1-2-3-4-5-6-7-8-9-10-11-12-15(19)18(22)16(20)13-14-17(18)21/h13-16,19-20,22H,2-12H2,1H3/t15-,16+,18-/m0/s1. The fourth-order valence-electron chi connectivity index (χ4n) is 3.01. The van der Waals surface area contributed by atoms with E-state index >= 15 is 0 Å². The fraction of sp³-hybridized carbons (Fsp3) is 0.833. The zero-order chi connectivity index (χ0) is 16.4. The van der Waals surface area contributed by atoms with Gasteiger partial charge in [-0.25, -0.2) is 0 Å². The Morgan fingerprint density at radius 2 is 1.55 bits per heavy atom. The summed E-state index contributed by atoms with van der Waals surface area (Å²) in [4.78, 5) is 11.6. The molecule has 0 unspecified atom stereocenters. The molecule has 0 saturated heterocycles. The molecule has 0 aromatic heterocycles. The second-order valence-electron chi connectivity index (χ2n) is 6.48. The molecule has 0 amide bonds. The second-order valence-corrected chi connectivity index (χ2v) is 6.48. The summed E-state index contributed by atoms with van der Waals surface area (Å²) in [5, 5.41) is 29.8. The first-order valence-corrected chi connectivity index (χ1v) is 8.84. The minimum absolute atomic E-state index is 0.345. The number of aliphatic hydroxyl groups is 3. The van der Waals surface area contributed by atoms with E-state index in [1.165, 1.54) is 51.0 Å². The van der Waals surface area contributed by atoms with E-state index in [-0.39, 0.29) is 0 Å². The van der Waals surface area contributed by atoms with E-state index < -0.39 is 23.6 Å². The van der Waals surface area contributed by atoms with Crippen LogP contribution < -0.4 is 0 Å². The Kier molecular flexibility index (Phi) is 8.91. The van der Waals surface area contributed by atoms with Crippen molar-refractivity contribution in [1.82, 2.24) is 0 Å². The van der Waals surface area contributed by atoms with Gasteiger partial charge in [0.25, 0.3) is 0 Å². The van der Waals surface area contributed by atoms with Gasteiger partial charge in [0, 0.05) is 0 Å². The maximum Gasteiger partial charge on any atom is 0.192 e. The summed E-state index contributed by atoms with van der Waals surface area (Å²) in [6, 6.07) is 0. The number of unbranched alkanes of at least 4 members (excludes halogenated alkanes) is 9. The number of rotatable bonds is 12. The molecule has 0 saturated carbocycles. The lowest BCUT2D eigenvalue weighted by atomic mass is 9.87. The molecule has 0 aromatic rings. The minimum Gasteiger partial charge on any atom is -0.390 e. The molecule has 3 atom stereocenters. The van der Waals surface area contributed by atoms with Crippen LogP contribution in [-0.4, -0.2) is 38.9 Å². The highest BCUT2D eigenvalue weighted by molar-refractivity contribution is 6.00. The average Bonchev–Trinajstić information content (AvgIpc) is 2.77. The molecule has 22 heavy (non-hydrogen) atoms. The Bertz CT molecular complexity index is 353. The minimum atomic E-state index is -2.03. The number of ketones is 1. The maximum atomic E-state index is 11.6. The van der Waals surface area contributed by atoms with Gasteiger partial charge in [0.05, 0.1) is 6.10 Å².